The summed E-state index contributed by atoms with van der Waals surface area (Å²) in [5.41, 5.74) is 2.18. The molecule has 1 aromatic rings. The van der Waals surface area contributed by atoms with E-state index in [2.05, 4.69) is 10.6 Å². The molecule has 0 bridgehead atoms. The van der Waals surface area contributed by atoms with Gasteiger partial charge in [-0.25, -0.2) is 9.59 Å². The van der Waals surface area contributed by atoms with Gasteiger partial charge in [0.05, 0.1) is 18.2 Å². The van der Waals surface area contributed by atoms with Crippen LogP contribution in [0.5, 0.6) is 0 Å². The SMILES string of the molecule is CCOC(=O)C1=C(CN(C)Cc2ccc(Cl)cc2)NC(=O)N[C@@H]1CC. The first kappa shape index (κ1) is 19.3. The molecule has 1 aliphatic heterocycles. The highest BCUT2D eigenvalue weighted by molar-refractivity contribution is 6.30. The third-order valence-corrected chi connectivity index (χ3v) is 4.19. The van der Waals surface area contributed by atoms with Crippen molar-refractivity contribution in [3.8, 4) is 0 Å². The number of benzene rings is 1. The van der Waals surface area contributed by atoms with Crippen molar-refractivity contribution < 1.29 is 14.3 Å². The highest BCUT2D eigenvalue weighted by Crippen LogP contribution is 2.18. The van der Waals surface area contributed by atoms with E-state index in [1.165, 1.54) is 0 Å². The van der Waals surface area contributed by atoms with Crippen molar-refractivity contribution in [1.29, 1.82) is 0 Å². The molecular weight excluding hydrogens is 342 g/mol. The molecule has 0 unspecified atom stereocenters. The quantitative estimate of drug-likeness (QED) is 0.729. The van der Waals surface area contributed by atoms with E-state index < -0.39 is 5.97 Å². The molecule has 1 heterocycles. The summed E-state index contributed by atoms with van der Waals surface area (Å²) in [6.45, 7) is 5.07. The van der Waals surface area contributed by atoms with Crippen LogP contribution in [0, 0.1) is 0 Å². The van der Waals surface area contributed by atoms with Gasteiger partial charge in [-0.3, -0.25) is 4.90 Å². The summed E-state index contributed by atoms with van der Waals surface area (Å²) in [4.78, 5) is 26.3. The predicted octanol–water partition coefficient (Wildman–Crippen LogP) is 2.68. The fourth-order valence-electron chi connectivity index (χ4n) is 2.81. The standard InChI is InChI=1S/C18H24ClN3O3/c1-4-14-16(17(23)25-5-2)15(21-18(24)20-14)11-22(3)10-12-6-8-13(19)9-7-12/h6-9,14H,4-5,10-11H2,1-3H3,(H2,20,21,24)/t14-/m1/s1. The number of urea groups is 1. The van der Waals surface area contributed by atoms with Gasteiger partial charge in [0.1, 0.15) is 0 Å². The Balaban J connectivity index is 2.19. The molecule has 0 aromatic heterocycles. The van der Waals surface area contributed by atoms with E-state index in [0.717, 1.165) is 5.56 Å². The Hall–Kier alpha value is -2.05. The van der Waals surface area contributed by atoms with Gasteiger partial charge in [0.25, 0.3) is 0 Å². The number of amides is 2. The number of nitrogens with zero attached hydrogens (tertiary/aromatic N) is 1. The minimum absolute atomic E-state index is 0.292. The lowest BCUT2D eigenvalue weighted by Crippen LogP contribution is -2.51. The number of esters is 1. The summed E-state index contributed by atoms with van der Waals surface area (Å²) in [5, 5.41) is 6.22. The van der Waals surface area contributed by atoms with E-state index in [4.69, 9.17) is 16.3 Å². The van der Waals surface area contributed by atoms with Crippen LogP contribution in [0.2, 0.25) is 5.02 Å². The Morgan fingerprint density at radius 2 is 1.92 bits per heavy atom. The van der Waals surface area contributed by atoms with E-state index in [1.807, 2.05) is 43.1 Å². The van der Waals surface area contributed by atoms with Gasteiger partial charge in [-0.1, -0.05) is 30.7 Å². The van der Waals surface area contributed by atoms with E-state index in [1.54, 1.807) is 6.92 Å². The summed E-state index contributed by atoms with van der Waals surface area (Å²) in [6, 6.07) is 6.95. The number of halogens is 1. The van der Waals surface area contributed by atoms with Crippen LogP contribution in [0.4, 0.5) is 4.79 Å². The molecule has 136 valence electrons. The molecule has 1 aliphatic rings. The van der Waals surface area contributed by atoms with E-state index in [-0.39, 0.29) is 12.1 Å². The second-order valence-electron chi connectivity index (χ2n) is 5.97. The van der Waals surface area contributed by atoms with Crippen LogP contribution in [0.15, 0.2) is 35.5 Å². The van der Waals surface area contributed by atoms with Crippen molar-refractivity contribution in [2.45, 2.75) is 32.9 Å². The Morgan fingerprint density at radius 1 is 1.24 bits per heavy atom. The lowest BCUT2D eigenvalue weighted by Gasteiger charge is -2.30. The van der Waals surface area contributed by atoms with Gasteiger partial charge in [-0.05, 0) is 38.1 Å². The Bertz CT molecular complexity index is 658. The molecule has 0 spiro atoms. The maximum Gasteiger partial charge on any atom is 0.337 e. The van der Waals surface area contributed by atoms with Crippen molar-refractivity contribution >= 4 is 23.6 Å². The third kappa shape index (κ3) is 5.21. The molecule has 2 rings (SSSR count). The smallest absolute Gasteiger partial charge is 0.337 e. The minimum atomic E-state index is -0.392. The van der Waals surface area contributed by atoms with Crippen LogP contribution in [0.25, 0.3) is 0 Å². The first-order valence-electron chi connectivity index (χ1n) is 8.35. The van der Waals surface area contributed by atoms with Crippen LogP contribution in [0.3, 0.4) is 0 Å². The van der Waals surface area contributed by atoms with E-state index in [9.17, 15) is 9.59 Å². The largest absolute Gasteiger partial charge is 0.463 e. The Labute approximate surface area is 153 Å². The average molecular weight is 366 g/mol. The van der Waals surface area contributed by atoms with Gasteiger partial charge in [0, 0.05) is 23.8 Å². The van der Waals surface area contributed by atoms with Gasteiger partial charge in [-0.15, -0.1) is 0 Å². The van der Waals surface area contributed by atoms with Crippen molar-refractivity contribution in [1.82, 2.24) is 15.5 Å². The van der Waals surface area contributed by atoms with Gasteiger partial charge in [-0.2, -0.15) is 0 Å². The normalized spacial score (nSPS) is 17.3. The molecule has 25 heavy (non-hydrogen) atoms. The summed E-state index contributed by atoms with van der Waals surface area (Å²) in [7, 11) is 1.93. The number of hydrogen-bond acceptors (Lipinski definition) is 4. The summed E-state index contributed by atoms with van der Waals surface area (Å²) < 4.78 is 5.17. The monoisotopic (exact) mass is 365 g/mol. The average Bonchev–Trinajstić information content (AvgIpc) is 2.56. The lowest BCUT2D eigenvalue weighted by atomic mass is 10.00. The van der Waals surface area contributed by atoms with Crippen LogP contribution >= 0.6 is 11.6 Å². The highest BCUT2D eigenvalue weighted by Gasteiger charge is 2.31. The molecule has 0 saturated carbocycles. The second kappa shape index (κ2) is 8.87. The highest BCUT2D eigenvalue weighted by atomic mass is 35.5. The molecule has 0 radical (unpaired) electrons. The van der Waals surface area contributed by atoms with Gasteiger partial charge in [0.15, 0.2) is 0 Å². The van der Waals surface area contributed by atoms with Crippen molar-refractivity contribution in [3.05, 3.63) is 46.1 Å². The number of ether oxygens (including phenoxy) is 1. The number of nitrogens with one attached hydrogen (secondary N) is 2. The topological polar surface area (TPSA) is 70.7 Å². The zero-order valence-corrected chi connectivity index (χ0v) is 15.5. The summed E-state index contributed by atoms with van der Waals surface area (Å²) in [5.74, 6) is -0.392. The zero-order chi connectivity index (χ0) is 18.4. The third-order valence-electron chi connectivity index (χ3n) is 3.94. The zero-order valence-electron chi connectivity index (χ0n) is 14.8. The molecule has 1 aromatic carbocycles. The van der Waals surface area contributed by atoms with E-state index in [0.29, 0.717) is 42.4 Å². The minimum Gasteiger partial charge on any atom is -0.463 e. The van der Waals surface area contributed by atoms with Crippen LogP contribution in [-0.4, -0.2) is 43.1 Å². The number of rotatable bonds is 7. The van der Waals surface area contributed by atoms with Gasteiger partial charge in [0.2, 0.25) is 0 Å². The fourth-order valence-corrected chi connectivity index (χ4v) is 2.94. The van der Waals surface area contributed by atoms with Crippen molar-refractivity contribution in [2.24, 2.45) is 0 Å². The number of hydrogen-bond donors (Lipinski definition) is 2. The number of likely N-dealkylation sites (N-methyl/N-ethyl adjacent to an activating group) is 1. The second-order valence-corrected chi connectivity index (χ2v) is 6.41. The van der Waals surface area contributed by atoms with E-state index >= 15 is 0 Å². The maximum absolute atomic E-state index is 12.4. The van der Waals surface area contributed by atoms with Crippen LogP contribution in [0.1, 0.15) is 25.8 Å². The molecule has 2 N–H and O–H groups in total. The maximum atomic E-state index is 12.4. The molecule has 1 atom stereocenters. The molecule has 2 amide bonds. The number of carbonyl (C=O) groups excluding carboxylic acids is 2. The first-order valence-corrected chi connectivity index (χ1v) is 8.73. The summed E-state index contributed by atoms with van der Waals surface area (Å²) >= 11 is 5.91. The Kier molecular flexibility index (Phi) is 6.84. The molecule has 0 saturated heterocycles. The fraction of sp³-hybridized carbons (Fsp3) is 0.444. The van der Waals surface area contributed by atoms with Crippen molar-refractivity contribution in [3.63, 3.8) is 0 Å². The van der Waals surface area contributed by atoms with Crippen LogP contribution < -0.4 is 10.6 Å². The predicted molar refractivity (Wildman–Crippen MR) is 97.2 cm³/mol. The van der Waals surface area contributed by atoms with Crippen LogP contribution in [-0.2, 0) is 16.1 Å². The number of carbonyl (C=O) groups is 2. The Morgan fingerprint density at radius 3 is 2.52 bits per heavy atom. The van der Waals surface area contributed by atoms with Gasteiger partial charge >= 0.3 is 12.0 Å². The molecule has 6 nitrogen and oxygen atoms in total. The van der Waals surface area contributed by atoms with Crippen molar-refractivity contribution in [2.75, 3.05) is 20.2 Å². The lowest BCUT2D eigenvalue weighted by molar-refractivity contribution is -0.139. The first-order chi connectivity index (χ1) is 11.9. The molecular formula is C18H24ClN3O3. The molecule has 0 fully saturated rings. The van der Waals surface area contributed by atoms with Gasteiger partial charge < -0.3 is 15.4 Å². The molecule has 0 aliphatic carbocycles. The summed E-state index contributed by atoms with van der Waals surface area (Å²) in [6.07, 6.45) is 0.617. The molecule has 7 heteroatoms.